The Balaban J connectivity index is 2.49. The lowest BCUT2D eigenvalue weighted by molar-refractivity contribution is 1.07. The van der Waals surface area contributed by atoms with Gasteiger partial charge in [-0.25, -0.2) is 0 Å². The van der Waals surface area contributed by atoms with Crippen molar-refractivity contribution in [3.8, 4) is 11.1 Å². The first-order valence-corrected chi connectivity index (χ1v) is 5.64. The molecule has 0 saturated carbocycles. The van der Waals surface area contributed by atoms with Crippen molar-refractivity contribution in [1.82, 2.24) is 0 Å². The molecule has 0 saturated heterocycles. The van der Waals surface area contributed by atoms with Gasteiger partial charge < -0.3 is 5.73 Å². The molecule has 1 nitrogen and oxygen atoms in total. The Hall–Kier alpha value is -1.31. The average molecular weight is 232 g/mol. The number of hydrogen-bond donors (Lipinski definition) is 1. The summed E-state index contributed by atoms with van der Waals surface area (Å²) >= 11 is 5.94. The fourth-order valence-electron chi connectivity index (χ4n) is 1.82. The van der Waals surface area contributed by atoms with Gasteiger partial charge in [0.15, 0.2) is 0 Å². The fraction of sp³-hybridized carbons (Fsp3) is 0.143. The molecule has 0 atom stereocenters. The molecule has 0 spiro atoms. The van der Waals surface area contributed by atoms with Gasteiger partial charge in [-0.1, -0.05) is 35.9 Å². The first kappa shape index (κ1) is 11.2. The molecular weight excluding hydrogens is 218 g/mol. The minimum atomic E-state index is 0.570. The molecule has 0 aliphatic carbocycles. The third-order valence-corrected chi connectivity index (χ3v) is 2.90. The van der Waals surface area contributed by atoms with Crippen molar-refractivity contribution in [3.63, 3.8) is 0 Å². The summed E-state index contributed by atoms with van der Waals surface area (Å²) < 4.78 is 0. The SMILES string of the molecule is Cc1cc(Cl)ccc1-c1cccc(CN)c1. The summed E-state index contributed by atoms with van der Waals surface area (Å²) in [7, 11) is 0. The van der Waals surface area contributed by atoms with Crippen LogP contribution in [0.5, 0.6) is 0 Å². The van der Waals surface area contributed by atoms with E-state index in [0.717, 1.165) is 10.6 Å². The first-order chi connectivity index (χ1) is 7.70. The highest BCUT2D eigenvalue weighted by Gasteiger charge is 2.02. The van der Waals surface area contributed by atoms with Crippen LogP contribution in [0.15, 0.2) is 42.5 Å². The number of benzene rings is 2. The van der Waals surface area contributed by atoms with Gasteiger partial charge in [0.05, 0.1) is 0 Å². The summed E-state index contributed by atoms with van der Waals surface area (Å²) in [6.45, 7) is 2.64. The van der Waals surface area contributed by atoms with Crippen LogP contribution in [0.4, 0.5) is 0 Å². The van der Waals surface area contributed by atoms with E-state index >= 15 is 0 Å². The summed E-state index contributed by atoms with van der Waals surface area (Å²) in [5, 5.41) is 0.774. The van der Waals surface area contributed by atoms with Gasteiger partial charge in [0, 0.05) is 11.6 Å². The zero-order valence-electron chi connectivity index (χ0n) is 9.20. The van der Waals surface area contributed by atoms with Gasteiger partial charge in [-0.2, -0.15) is 0 Å². The molecule has 0 amide bonds. The zero-order chi connectivity index (χ0) is 11.5. The largest absolute Gasteiger partial charge is 0.326 e. The van der Waals surface area contributed by atoms with E-state index in [4.69, 9.17) is 17.3 Å². The molecule has 2 N–H and O–H groups in total. The lowest BCUT2D eigenvalue weighted by Crippen LogP contribution is -1.96. The zero-order valence-corrected chi connectivity index (χ0v) is 9.96. The Labute approximate surface area is 101 Å². The predicted molar refractivity (Wildman–Crippen MR) is 69.5 cm³/mol. The van der Waals surface area contributed by atoms with Crippen molar-refractivity contribution in [3.05, 3.63) is 58.6 Å². The predicted octanol–water partition coefficient (Wildman–Crippen LogP) is 3.77. The lowest BCUT2D eigenvalue weighted by Gasteiger charge is -2.07. The molecule has 82 valence electrons. The maximum absolute atomic E-state index is 5.94. The molecular formula is C14H14ClN. The normalized spacial score (nSPS) is 10.4. The van der Waals surface area contributed by atoms with E-state index in [1.807, 2.05) is 30.3 Å². The first-order valence-electron chi connectivity index (χ1n) is 5.26. The number of aryl methyl sites for hydroxylation is 1. The van der Waals surface area contributed by atoms with Crippen LogP contribution < -0.4 is 5.73 Å². The maximum Gasteiger partial charge on any atom is 0.0409 e. The Morgan fingerprint density at radius 1 is 1.12 bits per heavy atom. The van der Waals surface area contributed by atoms with Crippen LogP contribution in [-0.4, -0.2) is 0 Å². The molecule has 0 radical (unpaired) electrons. The van der Waals surface area contributed by atoms with Crippen molar-refractivity contribution in [2.45, 2.75) is 13.5 Å². The van der Waals surface area contributed by atoms with Crippen LogP contribution in [0.2, 0.25) is 5.02 Å². The van der Waals surface area contributed by atoms with E-state index in [0.29, 0.717) is 6.54 Å². The molecule has 2 aromatic rings. The molecule has 0 heterocycles. The van der Waals surface area contributed by atoms with E-state index < -0.39 is 0 Å². The highest BCUT2D eigenvalue weighted by Crippen LogP contribution is 2.26. The standard InChI is InChI=1S/C14H14ClN/c1-10-7-13(15)5-6-14(10)12-4-2-3-11(8-12)9-16/h2-8H,9,16H2,1H3. The van der Waals surface area contributed by atoms with E-state index in [1.165, 1.54) is 16.7 Å². The molecule has 2 heteroatoms. The van der Waals surface area contributed by atoms with Gasteiger partial charge in [0.1, 0.15) is 0 Å². The second-order valence-electron chi connectivity index (χ2n) is 3.86. The molecule has 0 aromatic heterocycles. The van der Waals surface area contributed by atoms with Crippen molar-refractivity contribution in [2.75, 3.05) is 0 Å². The summed E-state index contributed by atoms with van der Waals surface area (Å²) in [5.74, 6) is 0. The molecule has 0 aliphatic rings. The maximum atomic E-state index is 5.94. The Morgan fingerprint density at radius 3 is 2.62 bits per heavy atom. The monoisotopic (exact) mass is 231 g/mol. The molecule has 0 unspecified atom stereocenters. The van der Waals surface area contributed by atoms with Crippen LogP contribution in [-0.2, 0) is 6.54 Å². The summed E-state index contributed by atoms with van der Waals surface area (Å²) in [6, 6.07) is 14.2. The van der Waals surface area contributed by atoms with Crippen LogP contribution in [0.1, 0.15) is 11.1 Å². The molecule has 0 fully saturated rings. The van der Waals surface area contributed by atoms with Crippen LogP contribution in [0.25, 0.3) is 11.1 Å². The summed E-state index contributed by atoms with van der Waals surface area (Å²) in [6.07, 6.45) is 0. The lowest BCUT2D eigenvalue weighted by atomic mass is 9.99. The van der Waals surface area contributed by atoms with Gasteiger partial charge in [0.2, 0.25) is 0 Å². The van der Waals surface area contributed by atoms with E-state index in [1.54, 1.807) is 0 Å². The third-order valence-electron chi connectivity index (χ3n) is 2.66. The van der Waals surface area contributed by atoms with Gasteiger partial charge in [-0.3, -0.25) is 0 Å². The van der Waals surface area contributed by atoms with Gasteiger partial charge in [-0.15, -0.1) is 0 Å². The van der Waals surface area contributed by atoms with Crippen molar-refractivity contribution in [1.29, 1.82) is 0 Å². The molecule has 0 aliphatic heterocycles. The van der Waals surface area contributed by atoms with Crippen molar-refractivity contribution < 1.29 is 0 Å². The number of hydrogen-bond acceptors (Lipinski definition) is 1. The minimum absolute atomic E-state index is 0.570. The molecule has 2 aromatic carbocycles. The Kier molecular flexibility index (Phi) is 3.28. The smallest absolute Gasteiger partial charge is 0.0409 e. The van der Waals surface area contributed by atoms with Crippen molar-refractivity contribution >= 4 is 11.6 Å². The second-order valence-corrected chi connectivity index (χ2v) is 4.30. The van der Waals surface area contributed by atoms with E-state index in [9.17, 15) is 0 Å². The highest BCUT2D eigenvalue weighted by atomic mass is 35.5. The summed E-state index contributed by atoms with van der Waals surface area (Å²) in [4.78, 5) is 0. The molecule has 2 rings (SSSR count). The fourth-order valence-corrected chi connectivity index (χ4v) is 2.04. The quantitative estimate of drug-likeness (QED) is 0.837. The van der Waals surface area contributed by atoms with Crippen molar-refractivity contribution in [2.24, 2.45) is 5.73 Å². The van der Waals surface area contributed by atoms with Gasteiger partial charge >= 0.3 is 0 Å². The highest BCUT2D eigenvalue weighted by molar-refractivity contribution is 6.30. The molecule has 16 heavy (non-hydrogen) atoms. The third kappa shape index (κ3) is 2.26. The van der Waals surface area contributed by atoms with E-state index in [-0.39, 0.29) is 0 Å². The average Bonchev–Trinajstić information content (AvgIpc) is 2.29. The van der Waals surface area contributed by atoms with Gasteiger partial charge in [0.25, 0.3) is 0 Å². The second kappa shape index (κ2) is 4.69. The molecule has 0 bridgehead atoms. The van der Waals surface area contributed by atoms with Gasteiger partial charge in [-0.05, 0) is 47.4 Å². The van der Waals surface area contributed by atoms with Crippen LogP contribution in [0, 0.1) is 6.92 Å². The Bertz CT molecular complexity index is 506. The number of nitrogens with two attached hydrogens (primary N) is 1. The number of halogens is 1. The van der Waals surface area contributed by atoms with Crippen LogP contribution >= 0.6 is 11.6 Å². The van der Waals surface area contributed by atoms with E-state index in [2.05, 4.69) is 19.1 Å². The Morgan fingerprint density at radius 2 is 1.94 bits per heavy atom. The number of rotatable bonds is 2. The minimum Gasteiger partial charge on any atom is -0.326 e. The topological polar surface area (TPSA) is 26.0 Å². The van der Waals surface area contributed by atoms with Crippen LogP contribution in [0.3, 0.4) is 0 Å². The summed E-state index contributed by atoms with van der Waals surface area (Å²) in [5.41, 5.74) is 10.4.